The number of rotatable bonds is 2. The van der Waals surface area contributed by atoms with E-state index in [2.05, 4.69) is 16.8 Å². The molecule has 128 valence electrons. The van der Waals surface area contributed by atoms with Crippen LogP contribution < -0.4 is 4.90 Å². The van der Waals surface area contributed by atoms with E-state index in [9.17, 15) is 17.6 Å². The van der Waals surface area contributed by atoms with Gasteiger partial charge in [0.1, 0.15) is 5.82 Å². The minimum absolute atomic E-state index is 0.340. The molecule has 0 bridgehead atoms. The third kappa shape index (κ3) is 3.52. The lowest BCUT2D eigenvalue weighted by atomic mass is 9.99. The van der Waals surface area contributed by atoms with Crippen LogP contribution in [0.4, 0.5) is 23.2 Å². The highest BCUT2D eigenvalue weighted by Crippen LogP contribution is 2.34. The van der Waals surface area contributed by atoms with Crippen LogP contribution in [0.15, 0.2) is 36.5 Å². The van der Waals surface area contributed by atoms with Crippen molar-refractivity contribution in [2.24, 2.45) is 5.92 Å². The number of aromatic nitrogens is 1. The van der Waals surface area contributed by atoms with Gasteiger partial charge in [0.2, 0.25) is 0 Å². The van der Waals surface area contributed by atoms with Crippen LogP contribution in [0.25, 0.3) is 11.3 Å². The van der Waals surface area contributed by atoms with E-state index >= 15 is 0 Å². The fourth-order valence-corrected chi connectivity index (χ4v) is 3.10. The fraction of sp³-hybridized carbons (Fsp3) is 0.389. The van der Waals surface area contributed by atoms with Gasteiger partial charge in [0, 0.05) is 30.5 Å². The minimum Gasteiger partial charge on any atom is -0.371 e. The van der Waals surface area contributed by atoms with Gasteiger partial charge >= 0.3 is 6.18 Å². The minimum atomic E-state index is -4.69. The molecule has 1 atom stereocenters. The molecule has 1 saturated heterocycles. The summed E-state index contributed by atoms with van der Waals surface area (Å²) in [7, 11) is 0. The van der Waals surface area contributed by atoms with Gasteiger partial charge in [0.25, 0.3) is 0 Å². The Kier molecular flexibility index (Phi) is 4.47. The first-order valence-electron chi connectivity index (χ1n) is 7.93. The molecule has 1 fully saturated rings. The number of hydrogen-bond donors (Lipinski definition) is 0. The topological polar surface area (TPSA) is 16.1 Å². The van der Waals surface area contributed by atoms with Gasteiger partial charge < -0.3 is 4.90 Å². The van der Waals surface area contributed by atoms with E-state index in [1.165, 1.54) is 12.5 Å². The molecule has 0 radical (unpaired) electrons. The number of benzene rings is 1. The second-order valence-electron chi connectivity index (χ2n) is 6.29. The predicted octanol–water partition coefficient (Wildman–Crippen LogP) is 5.14. The maximum atomic E-state index is 13.8. The summed E-state index contributed by atoms with van der Waals surface area (Å²) in [5.74, 6) is -0.683. The van der Waals surface area contributed by atoms with Crippen molar-refractivity contribution in [3.8, 4) is 11.3 Å². The van der Waals surface area contributed by atoms with Crippen LogP contribution in [0.3, 0.4) is 0 Å². The van der Waals surface area contributed by atoms with Gasteiger partial charge in [0.15, 0.2) is 0 Å². The van der Waals surface area contributed by atoms with Crippen molar-refractivity contribution in [3.63, 3.8) is 0 Å². The third-order valence-electron chi connectivity index (χ3n) is 4.34. The van der Waals surface area contributed by atoms with Gasteiger partial charge in [-0.15, -0.1) is 0 Å². The van der Waals surface area contributed by atoms with Crippen LogP contribution >= 0.6 is 0 Å². The van der Waals surface area contributed by atoms with Crippen molar-refractivity contribution in [2.45, 2.75) is 25.9 Å². The smallest absolute Gasteiger partial charge is 0.371 e. The number of halogens is 4. The Balaban J connectivity index is 1.90. The van der Waals surface area contributed by atoms with E-state index in [0.29, 0.717) is 17.2 Å². The zero-order valence-electron chi connectivity index (χ0n) is 13.3. The Hall–Kier alpha value is -2.11. The SMILES string of the molecule is C[C@@H]1CCCN(c2ccnc(-c3ccc(C(F)(F)F)c(F)c3)c2)C1. The Morgan fingerprint density at radius 2 is 1.96 bits per heavy atom. The van der Waals surface area contributed by atoms with E-state index in [0.717, 1.165) is 37.3 Å². The van der Waals surface area contributed by atoms with Crippen molar-refractivity contribution < 1.29 is 17.6 Å². The molecule has 0 saturated carbocycles. The number of alkyl halides is 3. The standard InChI is InChI=1S/C18H18F4N2/c1-12-3-2-8-24(11-12)14-6-7-23-17(10-14)13-4-5-15(16(19)9-13)18(20,21)22/h4-7,9-10,12H,2-3,8,11H2,1H3/t12-/m1/s1. The summed E-state index contributed by atoms with van der Waals surface area (Å²) >= 11 is 0. The van der Waals surface area contributed by atoms with Gasteiger partial charge in [-0.25, -0.2) is 4.39 Å². The summed E-state index contributed by atoms with van der Waals surface area (Å²) in [4.78, 5) is 6.42. The van der Waals surface area contributed by atoms with Gasteiger partial charge in [-0.1, -0.05) is 13.0 Å². The molecule has 0 amide bonds. The monoisotopic (exact) mass is 338 g/mol. The lowest BCUT2D eigenvalue weighted by Gasteiger charge is -2.32. The summed E-state index contributed by atoms with van der Waals surface area (Å²) in [5.41, 5.74) is 0.518. The van der Waals surface area contributed by atoms with Crippen molar-refractivity contribution >= 4 is 5.69 Å². The zero-order chi connectivity index (χ0) is 17.3. The Morgan fingerprint density at radius 1 is 1.17 bits per heavy atom. The van der Waals surface area contributed by atoms with Gasteiger partial charge in [-0.3, -0.25) is 4.98 Å². The zero-order valence-corrected chi connectivity index (χ0v) is 13.3. The summed E-state index contributed by atoms with van der Waals surface area (Å²) < 4.78 is 51.8. The van der Waals surface area contributed by atoms with Crippen LogP contribution in [0, 0.1) is 11.7 Å². The van der Waals surface area contributed by atoms with E-state index in [1.807, 2.05) is 6.07 Å². The van der Waals surface area contributed by atoms with Crippen molar-refractivity contribution in [3.05, 3.63) is 47.9 Å². The molecule has 2 aromatic rings. The summed E-state index contributed by atoms with van der Waals surface area (Å²) in [6.45, 7) is 4.07. The second kappa shape index (κ2) is 6.42. The highest BCUT2D eigenvalue weighted by atomic mass is 19.4. The summed E-state index contributed by atoms with van der Waals surface area (Å²) in [6, 6.07) is 6.61. The highest BCUT2D eigenvalue weighted by molar-refractivity contribution is 5.65. The first kappa shape index (κ1) is 16.7. The maximum absolute atomic E-state index is 13.8. The van der Waals surface area contributed by atoms with Gasteiger partial charge in [-0.05, 0) is 43.0 Å². The Labute approximate surface area is 138 Å². The molecule has 1 aromatic carbocycles. The molecule has 0 spiro atoms. The number of piperidine rings is 1. The molecule has 6 heteroatoms. The predicted molar refractivity (Wildman–Crippen MR) is 85.2 cm³/mol. The van der Waals surface area contributed by atoms with Crippen LogP contribution in [0.5, 0.6) is 0 Å². The van der Waals surface area contributed by atoms with Gasteiger partial charge in [-0.2, -0.15) is 13.2 Å². The number of hydrogen-bond acceptors (Lipinski definition) is 2. The molecule has 0 N–H and O–H groups in total. The van der Waals surface area contributed by atoms with Crippen LogP contribution in [-0.2, 0) is 6.18 Å². The van der Waals surface area contributed by atoms with Gasteiger partial charge in [0.05, 0.1) is 11.3 Å². The van der Waals surface area contributed by atoms with E-state index in [1.54, 1.807) is 12.3 Å². The molecule has 24 heavy (non-hydrogen) atoms. The largest absolute Gasteiger partial charge is 0.419 e. The van der Waals surface area contributed by atoms with Crippen molar-refractivity contribution in [1.82, 2.24) is 4.98 Å². The quantitative estimate of drug-likeness (QED) is 0.705. The third-order valence-corrected chi connectivity index (χ3v) is 4.34. The van der Waals surface area contributed by atoms with E-state index in [-0.39, 0.29) is 0 Å². The molecule has 1 aliphatic heterocycles. The first-order chi connectivity index (χ1) is 11.3. The number of nitrogens with zero attached hydrogens (tertiary/aromatic N) is 2. The molecular formula is C18H18F4N2. The summed E-state index contributed by atoms with van der Waals surface area (Å²) in [5, 5.41) is 0. The second-order valence-corrected chi connectivity index (χ2v) is 6.29. The lowest BCUT2D eigenvalue weighted by Crippen LogP contribution is -2.34. The molecular weight excluding hydrogens is 320 g/mol. The molecule has 2 heterocycles. The summed E-state index contributed by atoms with van der Waals surface area (Å²) in [6.07, 6.45) is -0.784. The van der Waals surface area contributed by atoms with Crippen LogP contribution in [0.2, 0.25) is 0 Å². The molecule has 1 aromatic heterocycles. The lowest BCUT2D eigenvalue weighted by molar-refractivity contribution is -0.139. The van der Waals surface area contributed by atoms with Crippen LogP contribution in [-0.4, -0.2) is 18.1 Å². The van der Waals surface area contributed by atoms with Crippen molar-refractivity contribution in [2.75, 3.05) is 18.0 Å². The molecule has 3 rings (SSSR count). The van der Waals surface area contributed by atoms with E-state index < -0.39 is 17.6 Å². The highest BCUT2D eigenvalue weighted by Gasteiger charge is 2.34. The average Bonchev–Trinajstić information content (AvgIpc) is 2.54. The molecule has 0 unspecified atom stereocenters. The normalized spacial score (nSPS) is 18.7. The first-order valence-corrected chi connectivity index (χ1v) is 7.93. The maximum Gasteiger partial charge on any atom is 0.419 e. The van der Waals surface area contributed by atoms with Crippen LogP contribution in [0.1, 0.15) is 25.3 Å². The van der Waals surface area contributed by atoms with E-state index in [4.69, 9.17) is 0 Å². The molecule has 2 nitrogen and oxygen atoms in total. The average molecular weight is 338 g/mol. The number of anilines is 1. The fourth-order valence-electron chi connectivity index (χ4n) is 3.10. The van der Waals surface area contributed by atoms with Crippen molar-refractivity contribution in [1.29, 1.82) is 0 Å². The molecule has 1 aliphatic rings. The number of pyridine rings is 1. The Morgan fingerprint density at radius 3 is 2.62 bits per heavy atom. The molecule has 0 aliphatic carbocycles. The Bertz CT molecular complexity index is 727.